The number of nitrogens with zero attached hydrogens (tertiary/aromatic N) is 1. The van der Waals surface area contributed by atoms with Gasteiger partial charge in [0.15, 0.2) is 0 Å². The quantitative estimate of drug-likeness (QED) is 0.841. The van der Waals surface area contributed by atoms with Crippen LogP contribution in [0.5, 0.6) is 0 Å². The van der Waals surface area contributed by atoms with Gasteiger partial charge in [-0.05, 0) is 30.7 Å². The third-order valence-corrected chi connectivity index (χ3v) is 3.15. The first-order valence-corrected chi connectivity index (χ1v) is 6.65. The highest BCUT2D eigenvalue weighted by atomic mass is 16.1. The lowest BCUT2D eigenvalue weighted by atomic mass is 10.1. The Hall–Kier alpha value is -1.55. The van der Waals surface area contributed by atoms with Crippen molar-refractivity contribution in [1.82, 2.24) is 10.6 Å². The second kappa shape index (κ2) is 6.40. The third-order valence-electron chi connectivity index (χ3n) is 3.15. The van der Waals surface area contributed by atoms with E-state index in [1.54, 1.807) is 0 Å². The summed E-state index contributed by atoms with van der Waals surface area (Å²) in [5.41, 5.74) is 1.94. The van der Waals surface area contributed by atoms with Gasteiger partial charge in [0.25, 0.3) is 5.91 Å². The predicted molar refractivity (Wildman–Crippen MR) is 74.1 cm³/mol. The Morgan fingerprint density at radius 2 is 1.94 bits per heavy atom. The van der Waals surface area contributed by atoms with E-state index in [9.17, 15) is 4.79 Å². The Balaban J connectivity index is 1.98. The van der Waals surface area contributed by atoms with Gasteiger partial charge in [-0.1, -0.05) is 6.92 Å². The van der Waals surface area contributed by atoms with Crippen molar-refractivity contribution < 1.29 is 4.79 Å². The van der Waals surface area contributed by atoms with E-state index in [-0.39, 0.29) is 5.91 Å². The van der Waals surface area contributed by atoms with Crippen LogP contribution in [0, 0.1) is 0 Å². The number of piperazine rings is 1. The van der Waals surface area contributed by atoms with E-state index < -0.39 is 0 Å². The lowest BCUT2D eigenvalue weighted by molar-refractivity contribution is 0.0953. The molecule has 2 rings (SSSR count). The zero-order valence-corrected chi connectivity index (χ0v) is 10.9. The number of amides is 1. The van der Waals surface area contributed by atoms with Gasteiger partial charge < -0.3 is 15.5 Å². The molecule has 1 saturated heterocycles. The maximum absolute atomic E-state index is 11.8. The van der Waals surface area contributed by atoms with Crippen LogP contribution in [0.2, 0.25) is 0 Å². The second-order valence-electron chi connectivity index (χ2n) is 4.54. The number of nitrogens with one attached hydrogen (secondary N) is 2. The van der Waals surface area contributed by atoms with Gasteiger partial charge in [0.05, 0.1) is 0 Å². The van der Waals surface area contributed by atoms with Crippen molar-refractivity contribution in [2.75, 3.05) is 37.6 Å². The highest BCUT2D eigenvalue weighted by Crippen LogP contribution is 2.15. The number of carbonyl (C=O) groups excluding carboxylic acids is 1. The molecule has 4 nitrogen and oxygen atoms in total. The van der Waals surface area contributed by atoms with Crippen LogP contribution >= 0.6 is 0 Å². The van der Waals surface area contributed by atoms with Crippen molar-refractivity contribution in [3.63, 3.8) is 0 Å². The van der Waals surface area contributed by atoms with Gasteiger partial charge in [-0.15, -0.1) is 0 Å². The number of rotatable bonds is 4. The molecule has 1 heterocycles. The first-order chi connectivity index (χ1) is 8.81. The molecule has 0 spiro atoms. The van der Waals surface area contributed by atoms with Crippen molar-refractivity contribution in [3.05, 3.63) is 29.8 Å². The lowest BCUT2D eigenvalue weighted by Gasteiger charge is -2.29. The van der Waals surface area contributed by atoms with Crippen LogP contribution in [-0.2, 0) is 0 Å². The molecule has 0 radical (unpaired) electrons. The molecule has 98 valence electrons. The fraction of sp³-hybridized carbons (Fsp3) is 0.500. The third kappa shape index (κ3) is 3.23. The molecule has 0 aromatic heterocycles. The first-order valence-electron chi connectivity index (χ1n) is 6.65. The van der Waals surface area contributed by atoms with E-state index in [4.69, 9.17) is 0 Å². The zero-order valence-electron chi connectivity index (χ0n) is 10.9. The molecule has 0 saturated carbocycles. The summed E-state index contributed by atoms with van der Waals surface area (Å²) in [4.78, 5) is 14.1. The monoisotopic (exact) mass is 247 g/mol. The summed E-state index contributed by atoms with van der Waals surface area (Å²) >= 11 is 0. The predicted octanol–water partition coefficient (Wildman–Crippen LogP) is 1.24. The minimum atomic E-state index is 0.0173. The van der Waals surface area contributed by atoms with Crippen LogP contribution in [0.15, 0.2) is 24.3 Å². The Bertz CT molecular complexity index is 383. The Kier molecular flexibility index (Phi) is 4.59. The maximum Gasteiger partial charge on any atom is 0.251 e. The number of hydrogen-bond acceptors (Lipinski definition) is 3. The standard InChI is InChI=1S/C14H21N3O/c1-2-7-16-14(18)12-3-5-13(6-4-12)17-10-8-15-9-11-17/h3-6,15H,2,7-11H2,1H3,(H,16,18). The summed E-state index contributed by atoms with van der Waals surface area (Å²) in [6, 6.07) is 7.88. The Morgan fingerprint density at radius 3 is 2.56 bits per heavy atom. The first kappa shape index (κ1) is 12.9. The fourth-order valence-electron chi connectivity index (χ4n) is 2.09. The molecule has 0 aliphatic carbocycles. The van der Waals surface area contributed by atoms with Gasteiger partial charge in [-0.2, -0.15) is 0 Å². The summed E-state index contributed by atoms with van der Waals surface area (Å²) < 4.78 is 0. The number of hydrogen-bond donors (Lipinski definition) is 2. The van der Waals surface area contributed by atoms with Crippen molar-refractivity contribution in [2.24, 2.45) is 0 Å². The van der Waals surface area contributed by atoms with Crippen molar-refractivity contribution in [1.29, 1.82) is 0 Å². The summed E-state index contributed by atoms with van der Waals surface area (Å²) in [5.74, 6) is 0.0173. The number of benzene rings is 1. The molecular weight excluding hydrogens is 226 g/mol. The summed E-state index contributed by atoms with van der Waals surface area (Å²) in [6.45, 7) is 6.90. The topological polar surface area (TPSA) is 44.4 Å². The van der Waals surface area contributed by atoms with Gasteiger partial charge in [0.1, 0.15) is 0 Å². The van der Waals surface area contributed by atoms with E-state index in [0.29, 0.717) is 0 Å². The van der Waals surface area contributed by atoms with Crippen molar-refractivity contribution in [2.45, 2.75) is 13.3 Å². The molecule has 0 atom stereocenters. The van der Waals surface area contributed by atoms with Gasteiger partial charge in [-0.3, -0.25) is 4.79 Å². The smallest absolute Gasteiger partial charge is 0.251 e. The van der Waals surface area contributed by atoms with E-state index in [1.807, 2.05) is 31.2 Å². The molecule has 1 fully saturated rings. The minimum absolute atomic E-state index is 0.0173. The minimum Gasteiger partial charge on any atom is -0.369 e. The lowest BCUT2D eigenvalue weighted by Crippen LogP contribution is -2.43. The Labute approximate surface area is 108 Å². The fourth-order valence-corrected chi connectivity index (χ4v) is 2.09. The summed E-state index contributed by atoms with van der Waals surface area (Å²) in [6.07, 6.45) is 0.963. The summed E-state index contributed by atoms with van der Waals surface area (Å²) in [5, 5.41) is 6.22. The molecule has 0 bridgehead atoms. The normalized spacial score (nSPS) is 15.5. The molecule has 1 aromatic carbocycles. The molecule has 1 aromatic rings. The molecule has 1 aliphatic heterocycles. The van der Waals surface area contributed by atoms with Crippen LogP contribution in [-0.4, -0.2) is 38.6 Å². The van der Waals surface area contributed by atoms with E-state index in [2.05, 4.69) is 15.5 Å². The van der Waals surface area contributed by atoms with Crippen LogP contribution in [0.1, 0.15) is 23.7 Å². The van der Waals surface area contributed by atoms with Gasteiger partial charge in [-0.25, -0.2) is 0 Å². The average molecular weight is 247 g/mol. The maximum atomic E-state index is 11.8. The largest absolute Gasteiger partial charge is 0.369 e. The molecular formula is C14H21N3O. The van der Waals surface area contributed by atoms with Gasteiger partial charge in [0.2, 0.25) is 0 Å². The number of anilines is 1. The van der Waals surface area contributed by atoms with Gasteiger partial charge in [0, 0.05) is 44.0 Å². The molecule has 2 N–H and O–H groups in total. The van der Waals surface area contributed by atoms with Crippen LogP contribution in [0.4, 0.5) is 5.69 Å². The van der Waals surface area contributed by atoms with E-state index >= 15 is 0 Å². The van der Waals surface area contributed by atoms with Crippen molar-refractivity contribution >= 4 is 11.6 Å². The average Bonchev–Trinajstić information content (AvgIpc) is 2.46. The zero-order chi connectivity index (χ0) is 12.8. The SMILES string of the molecule is CCCNC(=O)c1ccc(N2CCNCC2)cc1. The Morgan fingerprint density at radius 1 is 1.28 bits per heavy atom. The van der Waals surface area contributed by atoms with Crippen molar-refractivity contribution in [3.8, 4) is 0 Å². The van der Waals surface area contributed by atoms with Crippen LogP contribution < -0.4 is 15.5 Å². The second-order valence-corrected chi connectivity index (χ2v) is 4.54. The van der Waals surface area contributed by atoms with E-state index in [1.165, 1.54) is 5.69 Å². The summed E-state index contributed by atoms with van der Waals surface area (Å²) in [7, 11) is 0. The number of carbonyl (C=O) groups is 1. The van der Waals surface area contributed by atoms with Crippen LogP contribution in [0.25, 0.3) is 0 Å². The highest BCUT2D eigenvalue weighted by molar-refractivity contribution is 5.94. The van der Waals surface area contributed by atoms with Crippen LogP contribution in [0.3, 0.4) is 0 Å². The molecule has 4 heteroatoms. The highest BCUT2D eigenvalue weighted by Gasteiger charge is 2.11. The van der Waals surface area contributed by atoms with E-state index in [0.717, 1.165) is 44.7 Å². The van der Waals surface area contributed by atoms with Gasteiger partial charge >= 0.3 is 0 Å². The molecule has 1 amide bonds. The molecule has 0 unspecified atom stereocenters. The molecule has 18 heavy (non-hydrogen) atoms. The molecule has 1 aliphatic rings.